The normalized spacial score (nSPS) is 14.1. The molecule has 1 aliphatic rings. The zero-order valence-electron chi connectivity index (χ0n) is 18.5. The van der Waals surface area contributed by atoms with E-state index in [1.807, 2.05) is 31.2 Å². The number of rotatable bonds is 10. The molecule has 0 fully saturated rings. The maximum atomic E-state index is 12.2. The monoisotopic (exact) mass is 438 g/mol. The van der Waals surface area contributed by atoms with Crippen molar-refractivity contribution in [3.63, 3.8) is 0 Å². The van der Waals surface area contributed by atoms with Gasteiger partial charge >= 0.3 is 12.1 Å². The van der Waals surface area contributed by atoms with Gasteiger partial charge in [0.25, 0.3) is 0 Å². The van der Waals surface area contributed by atoms with E-state index in [4.69, 9.17) is 9.84 Å². The summed E-state index contributed by atoms with van der Waals surface area (Å²) in [5.41, 5.74) is 4.68. The van der Waals surface area contributed by atoms with E-state index < -0.39 is 18.1 Å². The molecule has 3 rings (SSSR count). The van der Waals surface area contributed by atoms with Crippen LogP contribution in [0.5, 0.6) is 0 Å². The number of ether oxygens (including phenoxy) is 1. The molecular weight excluding hydrogens is 408 g/mol. The number of nitrogens with one attached hydrogen (secondary N) is 2. The Morgan fingerprint density at radius 3 is 2.19 bits per heavy atom. The molecule has 0 saturated heterocycles. The standard InChI is InChI=1S/C25H30N2O5/c1-3-22(24(29)30)27-23(28)14-16(2)12-13-26-25(31)32-15-21-19-10-6-4-8-17(19)18-9-5-7-11-20(18)21/h4-11,16,21-22H,3,12-15H2,1-2H3,(H,26,31)(H,27,28)(H,29,30)/t16?,22-/m1/s1. The van der Waals surface area contributed by atoms with Gasteiger partial charge in [-0.05, 0) is 41.0 Å². The van der Waals surface area contributed by atoms with E-state index >= 15 is 0 Å². The van der Waals surface area contributed by atoms with Crippen molar-refractivity contribution in [2.24, 2.45) is 5.92 Å². The molecule has 7 heteroatoms. The van der Waals surface area contributed by atoms with Crippen molar-refractivity contribution in [2.75, 3.05) is 13.2 Å². The van der Waals surface area contributed by atoms with Crippen LogP contribution in [0.25, 0.3) is 11.1 Å². The Morgan fingerprint density at radius 1 is 1.03 bits per heavy atom. The van der Waals surface area contributed by atoms with E-state index in [0.717, 1.165) is 11.1 Å². The van der Waals surface area contributed by atoms with E-state index in [9.17, 15) is 14.4 Å². The van der Waals surface area contributed by atoms with Crippen LogP contribution in [0.1, 0.15) is 50.2 Å². The molecule has 7 nitrogen and oxygen atoms in total. The number of amides is 2. The van der Waals surface area contributed by atoms with Crippen molar-refractivity contribution in [1.29, 1.82) is 0 Å². The third kappa shape index (κ3) is 5.66. The average Bonchev–Trinajstić information content (AvgIpc) is 3.09. The van der Waals surface area contributed by atoms with Gasteiger partial charge in [0.2, 0.25) is 5.91 Å². The van der Waals surface area contributed by atoms with E-state index in [2.05, 4.69) is 34.9 Å². The van der Waals surface area contributed by atoms with Gasteiger partial charge in [-0.1, -0.05) is 62.4 Å². The molecule has 0 spiro atoms. The summed E-state index contributed by atoms with van der Waals surface area (Å²) in [6.07, 6.45) is 0.636. The van der Waals surface area contributed by atoms with Crippen LogP contribution in [0.3, 0.4) is 0 Å². The van der Waals surface area contributed by atoms with Crippen LogP contribution in [-0.4, -0.2) is 42.3 Å². The molecular formula is C25H30N2O5. The minimum absolute atomic E-state index is 0.00446. The largest absolute Gasteiger partial charge is 0.480 e. The summed E-state index contributed by atoms with van der Waals surface area (Å²) >= 11 is 0. The Bertz CT molecular complexity index is 929. The van der Waals surface area contributed by atoms with Crippen molar-refractivity contribution < 1.29 is 24.2 Å². The highest BCUT2D eigenvalue weighted by atomic mass is 16.5. The third-order valence-electron chi connectivity index (χ3n) is 5.83. The number of benzene rings is 2. The lowest BCUT2D eigenvalue weighted by Crippen LogP contribution is -2.40. The van der Waals surface area contributed by atoms with Gasteiger partial charge in [-0.15, -0.1) is 0 Å². The van der Waals surface area contributed by atoms with Crippen LogP contribution in [0, 0.1) is 5.92 Å². The zero-order chi connectivity index (χ0) is 23.1. The van der Waals surface area contributed by atoms with Crippen LogP contribution in [0.4, 0.5) is 4.79 Å². The molecule has 2 aromatic rings. The fraction of sp³-hybridized carbons (Fsp3) is 0.400. The molecule has 0 aliphatic heterocycles. The maximum Gasteiger partial charge on any atom is 0.407 e. The molecule has 0 bridgehead atoms. The number of alkyl carbamates (subject to hydrolysis) is 1. The molecule has 0 heterocycles. The Hall–Kier alpha value is -3.35. The zero-order valence-corrected chi connectivity index (χ0v) is 18.5. The molecule has 2 aromatic carbocycles. The fourth-order valence-electron chi connectivity index (χ4n) is 4.08. The van der Waals surface area contributed by atoms with Gasteiger partial charge in [-0.25, -0.2) is 9.59 Å². The van der Waals surface area contributed by atoms with Crippen LogP contribution in [0.2, 0.25) is 0 Å². The summed E-state index contributed by atoms with van der Waals surface area (Å²) in [7, 11) is 0. The van der Waals surface area contributed by atoms with Gasteiger partial charge in [0.05, 0.1) is 0 Å². The van der Waals surface area contributed by atoms with Crippen LogP contribution in [-0.2, 0) is 14.3 Å². The van der Waals surface area contributed by atoms with Crippen LogP contribution < -0.4 is 10.6 Å². The number of hydrogen-bond acceptors (Lipinski definition) is 4. The molecule has 0 radical (unpaired) electrons. The van der Waals surface area contributed by atoms with E-state index in [0.29, 0.717) is 19.4 Å². The van der Waals surface area contributed by atoms with Gasteiger partial charge in [0.1, 0.15) is 12.6 Å². The number of hydrogen-bond donors (Lipinski definition) is 3. The number of aliphatic carboxylic acids is 1. The number of carboxylic acids is 1. The molecule has 0 aromatic heterocycles. The summed E-state index contributed by atoms with van der Waals surface area (Å²) in [4.78, 5) is 35.2. The lowest BCUT2D eigenvalue weighted by atomic mass is 9.98. The van der Waals surface area contributed by atoms with E-state index in [-0.39, 0.29) is 30.8 Å². The van der Waals surface area contributed by atoms with Gasteiger partial charge in [0.15, 0.2) is 0 Å². The Balaban J connectivity index is 1.42. The topological polar surface area (TPSA) is 105 Å². The molecule has 170 valence electrons. The van der Waals surface area contributed by atoms with E-state index in [1.54, 1.807) is 6.92 Å². The first-order chi connectivity index (χ1) is 15.4. The van der Waals surface area contributed by atoms with Gasteiger partial charge in [-0.3, -0.25) is 4.79 Å². The van der Waals surface area contributed by atoms with Crippen molar-refractivity contribution >= 4 is 18.0 Å². The second-order valence-electron chi connectivity index (χ2n) is 8.22. The fourth-order valence-corrected chi connectivity index (χ4v) is 4.08. The van der Waals surface area contributed by atoms with Gasteiger partial charge < -0.3 is 20.5 Å². The number of carbonyl (C=O) groups excluding carboxylic acids is 2. The SMILES string of the molecule is CC[C@@H](NC(=O)CC(C)CCNC(=O)OCC1c2ccccc2-c2ccccc21)C(=O)O. The Kier molecular flexibility index (Phi) is 7.87. The maximum absolute atomic E-state index is 12.2. The summed E-state index contributed by atoms with van der Waals surface area (Å²) in [5, 5.41) is 14.3. The Morgan fingerprint density at radius 2 is 1.62 bits per heavy atom. The Labute approximate surface area is 188 Å². The van der Waals surface area contributed by atoms with Crippen LogP contribution >= 0.6 is 0 Å². The molecule has 3 N–H and O–H groups in total. The highest BCUT2D eigenvalue weighted by Crippen LogP contribution is 2.44. The van der Waals surface area contributed by atoms with Crippen molar-refractivity contribution in [3.05, 3.63) is 59.7 Å². The molecule has 2 atom stereocenters. The number of carboxylic acid groups (broad SMARTS) is 1. The lowest BCUT2D eigenvalue weighted by molar-refractivity contribution is -0.142. The first-order valence-corrected chi connectivity index (χ1v) is 11.0. The number of fused-ring (bicyclic) bond motifs is 3. The summed E-state index contributed by atoms with van der Waals surface area (Å²) < 4.78 is 5.50. The minimum atomic E-state index is -1.04. The molecule has 2 amide bonds. The second kappa shape index (κ2) is 10.8. The van der Waals surface area contributed by atoms with Crippen molar-refractivity contribution in [1.82, 2.24) is 10.6 Å². The molecule has 32 heavy (non-hydrogen) atoms. The number of carbonyl (C=O) groups is 3. The van der Waals surface area contributed by atoms with Crippen LogP contribution in [0.15, 0.2) is 48.5 Å². The summed E-state index contributed by atoms with van der Waals surface area (Å²) in [5.74, 6) is -1.33. The predicted octanol–water partition coefficient (Wildman–Crippen LogP) is 3.92. The highest BCUT2D eigenvalue weighted by molar-refractivity contribution is 5.83. The van der Waals surface area contributed by atoms with Gasteiger partial charge in [-0.2, -0.15) is 0 Å². The van der Waals surface area contributed by atoms with Crippen molar-refractivity contribution in [2.45, 2.75) is 45.1 Å². The summed E-state index contributed by atoms with van der Waals surface area (Å²) in [6.45, 7) is 4.23. The summed E-state index contributed by atoms with van der Waals surface area (Å²) in [6, 6.07) is 15.5. The highest BCUT2D eigenvalue weighted by Gasteiger charge is 2.29. The predicted molar refractivity (Wildman–Crippen MR) is 121 cm³/mol. The quantitative estimate of drug-likeness (QED) is 0.521. The molecule has 1 aliphatic carbocycles. The van der Waals surface area contributed by atoms with E-state index in [1.165, 1.54) is 11.1 Å². The molecule has 1 unspecified atom stereocenters. The first kappa shape index (κ1) is 23.3. The smallest absolute Gasteiger partial charge is 0.407 e. The second-order valence-corrected chi connectivity index (χ2v) is 8.22. The average molecular weight is 439 g/mol. The molecule has 0 saturated carbocycles. The van der Waals surface area contributed by atoms with Crippen molar-refractivity contribution in [3.8, 4) is 11.1 Å². The lowest BCUT2D eigenvalue weighted by Gasteiger charge is -2.16. The first-order valence-electron chi connectivity index (χ1n) is 11.0. The third-order valence-corrected chi connectivity index (χ3v) is 5.83. The minimum Gasteiger partial charge on any atom is -0.480 e. The van der Waals surface area contributed by atoms with Gasteiger partial charge in [0, 0.05) is 18.9 Å².